The van der Waals surface area contributed by atoms with Gasteiger partial charge in [-0.05, 0) is 6.42 Å². The predicted molar refractivity (Wildman–Crippen MR) is 65.1 cm³/mol. The normalized spacial score (nSPS) is 20.2. The highest BCUT2D eigenvalue weighted by Gasteiger charge is 2.27. The van der Waals surface area contributed by atoms with E-state index in [9.17, 15) is 14.4 Å². The molecule has 0 aliphatic carbocycles. The van der Waals surface area contributed by atoms with Crippen LogP contribution in [0.4, 0.5) is 0 Å². The van der Waals surface area contributed by atoms with E-state index in [1.165, 1.54) is 7.11 Å². The third-order valence-electron chi connectivity index (χ3n) is 2.51. The lowest BCUT2D eigenvalue weighted by Gasteiger charge is -2.16. The first-order valence-electron chi connectivity index (χ1n) is 5.45. The third kappa shape index (κ3) is 4.53. The van der Waals surface area contributed by atoms with Gasteiger partial charge >= 0.3 is 11.9 Å². The van der Waals surface area contributed by atoms with Gasteiger partial charge in [-0.3, -0.25) is 14.9 Å². The second-order valence-corrected chi connectivity index (χ2v) is 4.82. The van der Waals surface area contributed by atoms with Gasteiger partial charge in [0, 0.05) is 18.1 Å². The number of amides is 1. The van der Waals surface area contributed by atoms with E-state index in [1.807, 2.05) is 0 Å². The summed E-state index contributed by atoms with van der Waals surface area (Å²) < 4.78 is 4.42. The lowest BCUT2D eigenvalue weighted by atomic mass is 10.1. The first-order valence-corrected chi connectivity index (χ1v) is 6.61. The van der Waals surface area contributed by atoms with Crippen LogP contribution in [0.25, 0.3) is 0 Å². The molecule has 7 nitrogen and oxygen atoms in total. The van der Waals surface area contributed by atoms with E-state index in [2.05, 4.69) is 15.4 Å². The maximum absolute atomic E-state index is 11.7. The molecule has 102 valence electrons. The number of carbonyl (C=O) groups excluding carboxylic acids is 2. The molecule has 0 bridgehead atoms. The standard InChI is InChI=1S/C10H16N2O5S/c1-17-8(13)3-2-6(10(15)16)12-9(14)7-4-18-5-11-7/h6-7,11H,2-5H2,1H3,(H,12,14)(H,15,16). The van der Waals surface area contributed by atoms with E-state index < -0.39 is 18.0 Å². The van der Waals surface area contributed by atoms with Crippen LogP contribution in [0, 0.1) is 0 Å². The Hall–Kier alpha value is -1.28. The average molecular weight is 276 g/mol. The topological polar surface area (TPSA) is 105 Å². The molecule has 2 atom stereocenters. The zero-order valence-corrected chi connectivity index (χ0v) is 10.8. The summed E-state index contributed by atoms with van der Waals surface area (Å²) in [6, 6.07) is -1.43. The van der Waals surface area contributed by atoms with Gasteiger partial charge < -0.3 is 15.2 Å². The third-order valence-corrected chi connectivity index (χ3v) is 3.45. The molecule has 0 aromatic heterocycles. The van der Waals surface area contributed by atoms with Crippen molar-refractivity contribution < 1.29 is 24.2 Å². The van der Waals surface area contributed by atoms with Crippen LogP contribution in [0.1, 0.15) is 12.8 Å². The molecule has 0 aromatic rings. The summed E-state index contributed by atoms with van der Waals surface area (Å²) in [6.07, 6.45) is -0.0196. The fourth-order valence-electron chi connectivity index (χ4n) is 1.46. The van der Waals surface area contributed by atoms with Crippen LogP contribution in [0.3, 0.4) is 0 Å². The van der Waals surface area contributed by atoms with Gasteiger partial charge in [0.05, 0.1) is 13.2 Å². The Bertz CT molecular complexity index is 330. The number of ether oxygens (including phenoxy) is 1. The van der Waals surface area contributed by atoms with Gasteiger partial charge in [0.1, 0.15) is 6.04 Å². The minimum atomic E-state index is -1.15. The van der Waals surface area contributed by atoms with Crippen LogP contribution in [0.2, 0.25) is 0 Å². The van der Waals surface area contributed by atoms with Gasteiger partial charge in [0.25, 0.3) is 0 Å². The van der Waals surface area contributed by atoms with E-state index in [0.29, 0.717) is 11.6 Å². The summed E-state index contributed by atoms with van der Waals surface area (Å²) in [5.41, 5.74) is 0. The molecule has 18 heavy (non-hydrogen) atoms. The van der Waals surface area contributed by atoms with E-state index >= 15 is 0 Å². The second-order valence-electron chi connectivity index (χ2n) is 3.79. The molecule has 1 saturated heterocycles. The van der Waals surface area contributed by atoms with Crippen LogP contribution < -0.4 is 10.6 Å². The largest absolute Gasteiger partial charge is 0.480 e. The summed E-state index contributed by atoms with van der Waals surface area (Å²) >= 11 is 1.57. The Balaban J connectivity index is 2.44. The van der Waals surface area contributed by atoms with Gasteiger partial charge in [0.2, 0.25) is 5.91 Å². The highest BCUT2D eigenvalue weighted by atomic mass is 32.2. The van der Waals surface area contributed by atoms with E-state index in [0.717, 1.165) is 0 Å². The molecule has 3 N–H and O–H groups in total. The number of nitrogens with one attached hydrogen (secondary N) is 2. The summed E-state index contributed by atoms with van der Waals surface area (Å²) in [7, 11) is 1.23. The van der Waals surface area contributed by atoms with E-state index in [4.69, 9.17) is 5.11 Å². The molecule has 1 fully saturated rings. The number of carbonyl (C=O) groups is 3. The summed E-state index contributed by atoms with van der Waals surface area (Å²) in [5.74, 6) is -0.701. The number of carboxylic acid groups (broad SMARTS) is 1. The van der Waals surface area contributed by atoms with E-state index in [1.54, 1.807) is 11.8 Å². The zero-order chi connectivity index (χ0) is 13.5. The Kier molecular flexibility index (Phi) is 5.93. The molecule has 0 spiro atoms. The quantitative estimate of drug-likeness (QED) is 0.544. The van der Waals surface area contributed by atoms with E-state index in [-0.39, 0.29) is 24.8 Å². The first-order chi connectivity index (χ1) is 8.54. The second kappa shape index (κ2) is 7.22. The average Bonchev–Trinajstić information content (AvgIpc) is 2.87. The lowest BCUT2D eigenvalue weighted by Crippen LogP contribution is -2.49. The summed E-state index contributed by atoms with van der Waals surface area (Å²) in [5, 5.41) is 14.3. The molecule has 0 radical (unpaired) electrons. The van der Waals surface area contributed by atoms with Gasteiger partial charge in [-0.1, -0.05) is 0 Å². The fourth-order valence-corrected chi connectivity index (χ4v) is 2.40. The van der Waals surface area contributed by atoms with Crippen molar-refractivity contribution in [1.82, 2.24) is 10.6 Å². The molecular formula is C10H16N2O5S. The lowest BCUT2D eigenvalue weighted by molar-refractivity contribution is -0.144. The van der Waals surface area contributed by atoms with Gasteiger partial charge in [-0.2, -0.15) is 0 Å². The number of hydrogen-bond acceptors (Lipinski definition) is 6. The smallest absolute Gasteiger partial charge is 0.326 e. The zero-order valence-electron chi connectivity index (χ0n) is 9.97. The molecule has 0 aromatic carbocycles. The van der Waals surface area contributed by atoms with Crippen molar-refractivity contribution in [2.24, 2.45) is 0 Å². The SMILES string of the molecule is COC(=O)CCC(NC(=O)C1CSCN1)C(=O)O. The van der Waals surface area contributed by atoms with Gasteiger partial charge in [-0.15, -0.1) is 11.8 Å². The maximum Gasteiger partial charge on any atom is 0.326 e. The summed E-state index contributed by atoms with van der Waals surface area (Å²) in [4.78, 5) is 33.6. The monoisotopic (exact) mass is 276 g/mol. The van der Waals surface area contributed by atoms with Gasteiger partial charge in [-0.25, -0.2) is 4.79 Å². The highest BCUT2D eigenvalue weighted by molar-refractivity contribution is 7.99. The van der Waals surface area contributed by atoms with Crippen LogP contribution in [0.15, 0.2) is 0 Å². The number of hydrogen-bond donors (Lipinski definition) is 3. The number of rotatable bonds is 6. The molecular weight excluding hydrogens is 260 g/mol. The Morgan fingerprint density at radius 1 is 1.56 bits per heavy atom. The maximum atomic E-state index is 11.7. The molecule has 1 aliphatic heterocycles. The van der Waals surface area contributed by atoms with Crippen molar-refractivity contribution in [3.05, 3.63) is 0 Å². The van der Waals surface area contributed by atoms with Crippen LogP contribution in [-0.4, -0.2) is 53.8 Å². The van der Waals surface area contributed by atoms with Crippen molar-refractivity contribution >= 4 is 29.6 Å². The minimum absolute atomic E-state index is 0.0214. The number of carboxylic acids is 1. The van der Waals surface area contributed by atoms with Crippen LogP contribution >= 0.6 is 11.8 Å². The molecule has 1 aliphatic rings. The predicted octanol–water partition coefficient (Wildman–Crippen LogP) is -0.828. The van der Waals surface area contributed by atoms with Crippen molar-refractivity contribution in [1.29, 1.82) is 0 Å². The van der Waals surface area contributed by atoms with Crippen LogP contribution in [-0.2, 0) is 19.1 Å². The minimum Gasteiger partial charge on any atom is -0.480 e. The van der Waals surface area contributed by atoms with Crippen molar-refractivity contribution in [3.63, 3.8) is 0 Å². The number of esters is 1. The highest BCUT2D eigenvalue weighted by Crippen LogP contribution is 2.10. The molecule has 1 amide bonds. The molecule has 1 heterocycles. The number of aliphatic carboxylic acids is 1. The van der Waals surface area contributed by atoms with Crippen molar-refractivity contribution in [3.8, 4) is 0 Å². The Labute approximate surface area is 109 Å². The van der Waals surface area contributed by atoms with Crippen molar-refractivity contribution in [2.75, 3.05) is 18.7 Å². The van der Waals surface area contributed by atoms with Gasteiger partial charge in [0.15, 0.2) is 0 Å². The fraction of sp³-hybridized carbons (Fsp3) is 0.700. The Morgan fingerprint density at radius 2 is 2.28 bits per heavy atom. The first kappa shape index (κ1) is 14.8. The molecule has 8 heteroatoms. The molecule has 0 saturated carbocycles. The number of thioether (sulfide) groups is 1. The summed E-state index contributed by atoms with van der Waals surface area (Å²) in [6.45, 7) is 0. The molecule has 1 rings (SSSR count). The van der Waals surface area contributed by atoms with Crippen LogP contribution in [0.5, 0.6) is 0 Å². The number of methoxy groups -OCH3 is 1. The molecule has 2 unspecified atom stereocenters. The Morgan fingerprint density at radius 3 is 2.78 bits per heavy atom. The van der Waals surface area contributed by atoms with Crippen molar-refractivity contribution in [2.45, 2.75) is 24.9 Å².